The molecule has 4 nitrogen and oxygen atoms in total. The molecule has 1 aromatic rings. The average molecular weight is 208 g/mol. The number of benzene rings is 1. The topological polar surface area (TPSA) is 77.8 Å². The molecule has 0 heterocycles. The third-order valence-corrected chi connectivity index (χ3v) is 1.38. The van der Waals surface area contributed by atoms with Crippen molar-refractivity contribution < 1.29 is 20.1 Å². The number of aliphatic hydroxyl groups is 1. The lowest BCUT2D eigenvalue weighted by Gasteiger charge is -1.90. The summed E-state index contributed by atoms with van der Waals surface area (Å²) in [6.45, 7) is 6.29. The second-order valence-corrected chi connectivity index (χ2v) is 2.55. The van der Waals surface area contributed by atoms with E-state index >= 15 is 0 Å². The van der Waals surface area contributed by atoms with Gasteiger partial charge in [0.1, 0.15) is 5.75 Å². The molecule has 1 rings (SSSR count). The van der Waals surface area contributed by atoms with E-state index in [1.807, 2.05) is 12.1 Å². The molecule has 3 N–H and O–H groups in total. The lowest BCUT2D eigenvalue weighted by molar-refractivity contribution is -0.135. The van der Waals surface area contributed by atoms with E-state index in [9.17, 15) is 4.79 Å². The normalized spacial score (nSPS) is 8.27. The molecule has 1 aromatic carbocycles. The molecule has 0 aromatic heterocycles. The summed E-state index contributed by atoms with van der Waals surface area (Å²) in [5, 5.41) is 24.3. The Hall–Kier alpha value is -2.23. The van der Waals surface area contributed by atoms with Gasteiger partial charge >= 0.3 is 5.97 Å². The van der Waals surface area contributed by atoms with Gasteiger partial charge in [-0.3, -0.25) is 0 Å². The maximum absolute atomic E-state index is 9.35. The summed E-state index contributed by atoms with van der Waals surface area (Å²) in [4.78, 5) is 9.35. The molecule has 0 unspecified atom stereocenters. The second-order valence-electron chi connectivity index (χ2n) is 2.55. The zero-order valence-corrected chi connectivity index (χ0v) is 8.05. The minimum atomic E-state index is -1.38. The SMILES string of the molecule is C=C(O)C(=O)O.C=Cc1ccc(O)cc1. The molecular formula is C11H12O4. The lowest BCUT2D eigenvalue weighted by Crippen LogP contribution is -1.95. The molecule has 0 fully saturated rings. The highest BCUT2D eigenvalue weighted by atomic mass is 16.4. The summed E-state index contributed by atoms with van der Waals surface area (Å²) in [6.07, 6.45) is 1.74. The van der Waals surface area contributed by atoms with Gasteiger partial charge in [0, 0.05) is 0 Å². The first-order valence-corrected chi connectivity index (χ1v) is 4.00. The van der Waals surface area contributed by atoms with Crippen molar-refractivity contribution in [3.8, 4) is 5.75 Å². The third kappa shape index (κ3) is 5.93. The van der Waals surface area contributed by atoms with Crippen LogP contribution in [0.3, 0.4) is 0 Å². The van der Waals surface area contributed by atoms with E-state index < -0.39 is 11.7 Å². The van der Waals surface area contributed by atoms with E-state index in [2.05, 4.69) is 13.2 Å². The molecule has 80 valence electrons. The summed E-state index contributed by atoms with van der Waals surface area (Å²) >= 11 is 0. The number of rotatable bonds is 2. The first kappa shape index (κ1) is 12.8. The Morgan fingerprint density at radius 1 is 1.20 bits per heavy atom. The Bertz CT molecular complexity index is 339. The molecule has 0 saturated carbocycles. The van der Waals surface area contributed by atoms with Crippen molar-refractivity contribution >= 4 is 12.0 Å². The van der Waals surface area contributed by atoms with Gasteiger partial charge in [-0.1, -0.05) is 24.8 Å². The van der Waals surface area contributed by atoms with E-state index in [0.29, 0.717) is 5.75 Å². The molecule has 0 saturated heterocycles. The van der Waals surface area contributed by atoms with Gasteiger partial charge in [-0.15, -0.1) is 0 Å². The summed E-state index contributed by atoms with van der Waals surface area (Å²) in [6, 6.07) is 6.89. The molecule has 0 spiro atoms. The van der Waals surface area contributed by atoms with Gasteiger partial charge in [-0.2, -0.15) is 0 Å². The van der Waals surface area contributed by atoms with Crippen LogP contribution in [0.2, 0.25) is 0 Å². The minimum Gasteiger partial charge on any atom is -0.508 e. The Balaban J connectivity index is 0.000000288. The quantitative estimate of drug-likeness (QED) is 0.514. The molecule has 0 bridgehead atoms. The summed E-state index contributed by atoms with van der Waals surface area (Å²) in [5.41, 5.74) is 1.02. The van der Waals surface area contributed by atoms with Crippen LogP contribution in [0, 0.1) is 0 Å². The Kier molecular flexibility index (Phi) is 5.33. The Morgan fingerprint density at radius 3 is 1.87 bits per heavy atom. The number of aliphatic hydroxyl groups excluding tert-OH is 1. The van der Waals surface area contributed by atoms with Gasteiger partial charge in [0.25, 0.3) is 0 Å². The first-order chi connectivity index (χ1) is 6.97. The molecule has 0 aliphatic heterocycles. The fourth-order valence-corrected chi connectivity index (χ4v) is 0.610. The van der Waals surface area contributed by atoms with Crippen molar-refractivity contribution in [1.29, 1.82) is 0 Å². The van der Waals surface area contributed by atoms with Gasteiger partial charge in [-0.05, 0) is 24.3 Å². The maximum atomic E-state index is 9.35. The van der Waals surface area contributed by atoms with Crippen LogP contribution in [0.15, 0.2) is 43.2 Å². The van der Waals surface area contributed by atoms with Crippen LogP contribution < -0.4 is 0 Å². The summed E-state index contributed by atoms with van der Waals surface area (Å²) in [7, 11) is 0. The van der Waals surface area contributed by atoms with Gasteiger partial charge in [-0.25, -0.2) is 4.79 Å². The van der Waals surface area contributed by atoms with E-state index in [0.717, 1.165) is 5.56 Å². The number of phenolic OH excluding ortho intramolecular Hbond substituents is 1. The van der Waals surface area contributed by atoms with Gasteiger partial charge < -0.3 is 15.3 Å². The van der Waals surface area contributed by atoms with Crippen LogP contribution in [-0.4, -0.2) is 21.3 Å². The number of hydrogen-bond donors (Lipinski definition) is 3. The van der Waals surface area contributed by atoms with Crippen LogP contribution in [0.25, 0.3) is 6.08 Å². The highest BCUT2D eigenvalue weighted by molar-refractivity contribution is 5.82. The molecular weight excluding hydrogens is 196 g/mol. The summed E-state index contributed by atoms with van der Waals surface area (Å²) < 4.78 is 0. The Labute approximate surface area is 87.4 Å². The summed E-state index contributed by atoms with van der Waals surface area (Å²) in [5.74, 6) is -1.91. The van der Waals surface area contributed by atoms with Crippen molar-refractivity contribution in [2.45, 2.75) is 0 Å². The maximum Gasteiger partial charge on any atom is 0.370 e. The first-order valence-electron chi connectivity index (χ1n) is 4.00. The second kappa shape index (κ2) is 6.26. The number of hydrogen-bond acceptors (Lipinski definition) is 3. The monoisotopic (exact) mass is 208 g/mol. The van der Waals surface area contributed by atoms with Crippen LogP contribution >= 0.6 is 0 Å². The molecule has 0 radical (unpaired) electrons. The zero-order chi connectivity index (χ0) is 11.8. The molecule has 0 aliphatic rings. The largest absolute Gasteiger partial charge is 0.508 e. The fraction of sp³-hybridized carbons (Fsp3) is 0. The van der Waals surface area contributed by atoms with Crippen molar-refractivity contribution in [2.75, 3.05) is 0 Å². The van der Waals surface area contributed by atoms with Crippen LogP contribution in [0.1, 0.15) is 5.56 Å². The molecule has 4 heteroatoms. The average Bonchev–Trinajstić information content (AvgIpc) is 2.20. The van der Waals surface area contributed by atoms with Crippen molar-refractivity contribution in [1.82, 2.24) is 0 Å². The zero-order valence-electron chi connectivity index (χ0n) is 8.05. The number of carbonyl (C=O) groups is 1. The molecule has 15 heavy (non-hydrogen) atoms. The minimum absolute atomic E-state index is 0.292. The highest BCUT2D eigenvalue weighted by Crippen LogP contribution is 2.09. The predicted octanol–water partition coefficient (Wildman–Crippen LogP) is 2.18. The van der Waals surface area contributed by atoms with E-state index in [4.69, 9.17) is 15.3 Å². The van der Waals surface area contributed by atoms with Crippen molar-refractivity contribution in [3.63, 3.8) is 0 Å². The third-order valence-electron chi connectivity index (χ3n) is 1.38. The van der Waals surface area contributed by atoms with Crippen LogP contribution in [0.5, 0.6) is 5.75 Å². The van der Waals surface area contributed by atoms with Crippen LogP contribution in [0.4, 0.5) is 0 Å². The Morgan fingerprint density at radius 2 is 1.60 bits per heavy atom. The number of carboxylic acids is 1. The lowest BCUT2D eigenvalue weighted by atomic mass is 10.2. The fourth-order valence-electron chi connectivity index (χ4n) is 0.610. The highest BCUT2D eigenvalue weighted by Gasteiger charge is 1.94. The molecule has 0 atom stereocenters. The molecule has 0 aliphatic carbocycles. The molecule has 0 amide bonds. The van der Waals surface area contributed by atoms with E-state index in [1.165, 1.54) is 0 Å². The standard InChI is InChI=1S/C8H8O.C3H4O3/c1-2-7-3-5-8(9)6-4-7;1-2(4)3(5)6/h2-6,9H,1H2;4H,1H2,(H,5,6). The van der Waals surface area contributed by atoms with Crippen molar-refractivity contribution in [2.24, 2.45) is 0 Å². The number of aromatic hydroxyl groups is 1. The van der Waals surface area contributed by atoms with E-state index in [1.54, 1.807) is 18.2 Å². The van der Waals surface area contributed by atoms with Crippen LogP contribution in [-0.2, 0) is 4.79 Å². The van der Waals surface area contributed by atoms with E-state index in [-0.39, 0.29) is 0 Å². The predicted molar refractivity (Wildman–Crippen MR) is 57.6 cm³/mol. The van der Waals surface area contributed by atoms with Gasteiger partial charge in [0.15, 0.2) is 5.76 Å². The van der Waals surface area contributed by atoms with Crippen molar-refractivity contribution in [3.05, 3.63) is 48.7 Å². The number of carboxylic acid groups (broad SMARTS) is 1. The number of phenols is 1. The smallest absolute Gasteiger partial charge is 0.370 e. The van der Waals surface area contributed by atoms with Gasteiger partial charge in [0.05, 0.1) is 0 Å². The number of aliphatic carboxylic acids is 1. The van der Waals surface area contributed by atoms with Gasteiger partial charge in [0.2, 0.25) is 0 Å².